The third-order valence-electron chi connectivity index (χ3n) is 19.4. The second kappa shape index (κ2) is 39.7. The van der Waals surface area contributed by atoms with Crippen molar-refractivity contribution in [1.82, 2.24) is 19.6 Å². The van der Waals surface area contributed by atoms with Gasteiger partial charge in [0, 0.05) is 93.9 Å². The molecule has 0 bridgehead atoms. The molecular formula is C89H115N16O3+. The Bertz CT molecular complexity index is 4540. The fraction of sp³-hybridized carbons (Fsp3) is 0.427. The summed E-state index contributed by atoms with van der Waals surface area (Å²) >= 11 is 0. The molecule has 19 heteroatoms. The number of rotatable bonds is 36. The molecule has 1 N–H and O–H groups in total. The minimum atomic E-state index is -0.496. The van der Waals surface area contributed by atoms with Gasteiger partial charge < -0.3 is 29.5 Å². The number of amides is 1. The number of allylic oxidation sites excluding steroid dienone is 9. The smallest absolute Gasteiger partial charge is 0.255 e. The normalized spacial score (nSPS) is 12.6. The topological polar surface area (TPSA) is 186 Å². The van der Waals surface area contributed by atoms with Crippen LogP contribution in [0.15, 0.2) is 171 Å². The molecule has 0 saturated heterocycles. The molecule has 0 radical (unpaired) electrons. The van der Waals surface area contributed by atoms with E-state index < -0.39 is 5.41 Å². The van der Waals surface area contributed by atoms with Crippen molar-refractivity contribution in [3.8, 4) is 11.8 Å². The molecular weight excluding hydrogens is 1340 g/mol. The molecule has 0 aliphatic heterocycles. The van der Waals surface area contributed by atoms with Crippen molar-refractivity contribution >= 4 is 86.3 Å². The number of nitriles is 1. The number of carbonyl (C=O) groups excluding carboxylic acids is 1. The van der Waals surface area contributed by atoms with Crippen LogP contribution in [0.25, 0.3) is 16.0 Å². The largest absolute Gasteiger partial charge is 0.494 e. The lowest BCUT2D eigenvalue weighted by atomic mass is 9.90. The number of benzene rings is 5. The van der Waals surface area contributed by atoms with Crippen LogP contribution in [0, 0.1) is 24.8 Å². The Labute approximate surface area is 643 Å². The Morgan fingerprint density at radius 1 is 0.639 bits per heavy atom. The highest BCUT2D eigenvalue weighted by Gasteiger charge is 2.29. The summed E-state index contributed by atoms with van der Waals surface area (Å²) in [4.78, 5) is 28.1. The molecule has 2 heterocycles. The number of nitrogens with zero attached hydrogens (tertiary/aromatic N) is 15. The standard InChI is InChI=1S/C89H114N16O3/c1-20-28-51-102(52-29-21-2)72-47-43-69(44-48-72)74(67-39-35-65(36-40-67)60-104-86(63(9)84(98-104)88(11,12)13)96-94-78-55-71(59-90)80(100(24-5)25-6)56-76(78)92-62-107-18)33-32-34-75(70-45-49-73(50-46-70)103(53-30-22-3)54-31-23-4)68-41-37-66(38-42-68)61-105-87(83(91-17)85(99-105)89(14,15)16)97-95-79-58-82(108-19)81(101(26-7)27-8)57-77(79)93-64(10)106/h32-50,55-58,62H,20-31,51-54,60-61H2,1-16,18-19H3/p+1. The van der Waals surface area contributed by atoms with Crippen molar-refractivity contribution in [2.45, 2.75) is 186 Å². The molecule has 2 aromatic heterocycles. The number of aromatic nitrogens is 4. The maximum absolute atomic E-state index is 12.7. The molecule has 7 aromatic rings. The number of carbonyl (C=O) groups is 1. The molecule has 1 aliphatic carbocycles. The number of aliphatic imine (C=N–C) groups is 1. The summed E-state index contributed by atoms with van der Waals surface area (Å²) in [5.74, 6) is 1.25. The third kappa shape index (κ3) is 21.3. The van der Waals surface area contributed by atoms with Gasteiger partial charge in [0.1, 0.15) is 36.3 Å². The van der Waals surface area contributed by atoms with Crippen LogP contribution in [0.5, 0.6) is 5.75 Å². The number of azo groups is 2. The highest BCUT2D eigenvalue weighted by Crippen LogP contribution is 2.44. The molecule has 0 fully saturated rings. The Balaban J connectivity index is 1.23. The number of hydrogen-bond acceptors (Lipinski definition) is 14. The van der Waals surface area contributed by atoms with Gasteiger partial charge in [0.15, 0.2) is 23.7 Å². The van der Waals surface area contributed by atoms with Crippen LogP contribution < -0.4 is 24.8 Å². The van der Waals surface area contributed by atoms with Gasteiger partial charge >= 0.3 is 0 Å². The summed E-state index contributed by atoms with van der Waals surface area (Å²) in [6.07, 6.45) is 26.1. The van der Waals surface area contributed by atoms with E-state index in [1.54, 1.807) is 31.0 Å². The summed E-state index contributed by atoms with van der Waals surface area (Å²) in [6, 6.07) is 36.0. The first kappa shape index (κ1) is 82.9. The Morgan fingerprint density at radius 2 is 1.17 bits per heavy atom. The predicted molar refractivity (Wildman–Crippen MR) is 448 cm³/mol. The monoisotopic (exact) mass is 1460 g/mol. The van der Waals surface area contributed by atoms with E-state index in [9.17, 15) is 10.1 Å². The van der Waals surface area contributed by atoms with E-state index in [4.69, 9.17) is 46.7 Å². The maximum Gasteiger partial charge on any atom is 0.255 e. The van der Waals surface area contributed by atoms with Gasteiger partial charge in [-0.15, -0.1) is 20.5 Å². The number of unbranched alkanes of at least 4 members (excludes halogenated alkanes) is 4. The summed E-state index contributed by atoms with van der Waals surface area (Å²) in [5.41, 5.74) is 16.6. The first-order chi connectivity index (χ1) is 52.0. The minimum absolute atomic E-state index is 0.255. The lowest BCUT2D eigenvalue weighted by molar-refractivity contribution is -0.527. The van der Waals surface area contributed by atoms with E-state index in [1.165, 1.54) is 24.7 Å². The van der Waals surface area contributed by atoms with Crippen molar-refractivity contribution in [1.29, 1.82) is 5.26 Å². The Kier molecular flexibility index (Phi) is 30.5. The van der Waals surface area contributed by atoms with Crippen LogP contribution >= 0.6 is 0 Å². The van der Waals surface area contributed by atoms with Crippen LogP contribution in [0.1, 0.15) is 206 Å². The van der Waals surface area contributed by atoms with Crippen molar-refractivity contribution in [3.63, 3.8) is 0 Å². The summed E-state index contributed by atoms with van der Waals surface area (Å²) in [7, 11) is 3.16. The van der Waals surface area contributed by atoms with Gasteiger partial charge in [-0.2, -0.15) is 15.5 Å². The van der Waals surface area contributed by atoms with E-state index in [0.29, 0.717) is 70.2 Å². The number of nitrogens with one attached hydrogen (secondary N) is 1. The molecule has 1 aliphatic rings. The van der Waals surface area contributed by atoms with Gasteiger partial charge in [-0.3, -0.25) is 9.48 Å². The van der Waals surface area contributed by atoms with Gasteiger partial charge in [-0.25, -0.2) is 19.1 Å². The Hall–Kier alpha value is -10.8. The average molecular weight is 1460 g/mol. The van der Waals surface area contributed by atoms with Crippen LogP contribution in [-0.2, 0) is 33.5 Å². The number of hydrogen-bond donors (Lipinski definition) is 1. The maximum atomic E-state index is 12.7. The number of ether oxygens (including phenoxy) is 2. The van der Waals surface area contributed by atoms with E-state index in [1.807, 2.05) is 44.5 Å². The number of anilines is 4. The molecule has 108 heavy (non-hydrogen) atoms. The highest BCUT2D eigenvalue weighted by molar-refractivity contribution is 6.04. The minimum Gasteiger partial charge on any atom is -0.494 e. The first-order valence-electron chi connectivity index (χ1n) is 38.7. The number of methoxy groups -OCH3 is 2. The van der Waals surface area contributed by atoms with Gasteiger partial charge in [0.25, 0.3) is 5.69 Å². The Morgan fingerprint density at radius 3 is 1.69 bits per heavy atom. The quantitative estimate of drug-likeness (QED) is 0.00996. The third-order valence-corrected chi connectivity index (χ3v) is 19.4. The van der Waals surface area contributed by atoms with Crippen molar-refractivity contribution in [2.75, 3.05) is 86.6 Å². The van der Waals surface area contributed by atoms with E-state index >= 15 is 0 Å². The lowest BCUT2D eigenvalue weighted by Gasteiger charge is -2.25. The van der Waals surface area contributed by atoms with E-state index in [-0.39, 0.29) is 11.3 Å². The van der Waals surface area contributed by atoms with E-state index in [2.05, 4.69) is 232 Å². The zero-order valence-corrected chi connectivity index (χ0v) is 67.5. The average Bonchev–Trinajstić information content (AvgIpc) is 1.62. The molecule has 0 spiro atoms. The lowest BCUT2D eigenvalue weighted by Crippen LogP contribution is -2.25. The highest BCUT2D eigenvalue weighted by atomic mass is 16.5. The van der Waals surface area contributed by atoms with Gasteiger partial charge in [-0.05, 0) is 140 Å². The zero-order chi connectivity index (χ0) is 78.1. The van der Waals surface area contributed by atoms with Crippen LogP contribution in [0.2, 0.25) is 0 Å². The van der Waals surface area contributed by atoms with Crippen LogP contribution in [0.4, 0.5) is 57.1 Å². The second-order valence-corrected chi connectivity index (χ2v) is 29.4. The molecule has 0 saturated carbocycles. The fourth-order valence-corrected chi connectivity index (χ4v) is 13.4. The van der Waals surface area contributed by atoms with Crippen molar-refractivity contribution < 1.29 is 18.8 Å². The van der Waals surface area contributed by atoms with Crippen molar-refractivity contribution in [3.05, 3.63) is 207 Å². The summed E-state index contributed by atoms with van der Waals surface area (Å²) in [6.45, 7) is 49.5. The molecule has 8 rings (SSSR count). The SMILES string of the molecule is [C-]#[N+]c1c(C(C)(C)C)nn(Cc2ccc(/C(=C/C=C/C(=C3C=CC(=[N+](CCCC)CCCC)C=C3)c3ccc(Cn4nc(C(C)(C)C)c(C)c4N=Nc4cc(C#N)c(N(CC)CC)cc4N=COC)cc3)c3ccc(N(CCCC)CCCC)cc3)cc2)c1N=Nc1cc(OC)c(N(CC)CC)cc1NC(C)=O. The molecule has 0 atom stereocenters. The van der Waals surface area contributed by atoms with Gasteiger partial charge in [-0.1, -0.05) is 174 Å². The van der Waals surface area contributed by atoms with Gasteiger partial charge in [0.2, 0.25) is 5.91 Å². The summed E-state index contributed by atoms with van der Waals surface area (Å²) < 4.78 is 17.4. The van der Waals surface area contributed by atoms with E-state index in [0.717, 1.165) is 171 Å². The van der Waals surface area contributed by atoms with Gasteiger partial charge in [0.05, 0.1) is 73.6 Å². The molecule has 568 valence electrons. The molecule has 1 amide bonds. The predicted octanol–water partition coefficient (Wildman–Crippen LogP) is 22.3. The molecule has 19 nitrogen and oxygen atoms in total. The first-order valence-corrected chi connectivity index (χ1v) is 38.7. The summed E-state index contributed by atoms with van der Waals surface area (Å²) in [5, 5.41) is 43.0. The molecule has 5 aromatic carbocycles. The fourth-order valence-electron chi connectivity index (χ4n) is 13.4. The van der Waals surface area contributed by atoms with Crippen molar-refractivity contribution in [2.24, 2.45) is 25.4 Å². The van der Waals surface area contributed by atoms with Crippen LogP contribution in [-0.4, -0.2) is 109 Å². The molecule has 0 unspecified atom stereocenters. The zero-order valence-electron chi connectivity index (χ0n) is 67.5. The second-order valence-electron chi connectivity index (χ2n) is 29.4. The van der Waals surface area contributed by atoms with Crippen LogP contribution in [0.3, 0.4) is 0 Å².